The third-order valence-electron chi connectivity index (χ3n) is 3.44. The molecule has 0 aliphatic heterocycles. The van der Waals surface area contributed by atoms with E-state index < -0.39 is 0 Å². The lowest BCUT2D eigenvalue weighted by Crippen LogP contribution is -2.32. The fraction of sp³-hybridized carbons (Fsp3) is 0.500. The Morgan fingerprint density at radius 3 is 2.57 bits per heavy atom. The summed E-state index contributed by atoms with van der Waals surface area (Å²) in [6.45, 7) is 7.95. The molecule has 0 fully saturated rings. The summed E-state index contributed by atoms with van der Waals surface area (Å²) in [5.74, 6) is 1.23. The number of hydrogen-bond acceptors (Lipinski definition) is 5. The maximum Gasteiger partial charge on any atom is 0.257 e. The van der Waals surface area contributed by atoms with E-state index in [0.717, 1.165) is 18.5 Å². The molecule has 0 aliphatic carbocycles. The molecule has 5 nitrogen and oxygen atoms in total. The van der Waals surface area contributed by atoms with Crippen LogP contribution in [0.4, 0.5) is 0 Å². The summed E-state index contributed by atoms with van der Waals surface area (Å²) in [5, 5.41) is 13.0. The molecule has 1 heterocycles. The molecule has 114 valence electrons. The van der Waals surface area contributed by atoms with E-state index in [0.29, 0.717) is 24.3 Å². The molecule has 0 radical (unpaired) electrons. The van der Waals surface area contributed by atoms with Gasteiger partial charge in [-0.2, -0.15) is 4.98 Å². The zero-order valence-corrected chi connectivity index (χ0v) is 12.9. The lowest BCUT2D eigenvalue weighted by molar-refractivity contribution is 0.179. The van der Waals surface area contributed by atoms with Crippen molar-refractivity contribution in [1.82, 2.24) is 15.0 Å². The van der Waals surface area contributed by atoms with Gasteiger partial charge in [0.05, 0.1) is 6.54 Å². The smallest absolute Gasteiger partial charge is 0.257 e. The van der Waals surface area contributed by atoms with E-state index in [1.54, 1.807) is 0 Å². The largest absolute Gasteiger partial charge is 0.396 e. The van der Waals surface area contributed by atoms with Crippen LogP contribution in [0.3, 0.4) is 0 Å². The summed E-state index contributed by atoms with van der Waals surface area (Å²) in [4.78, 5) is 6.68. The number of aromatic nitrogens is 2. The quantitative estimate of drug-likeness (QED) is 0.849. The molecule has 0 atom stereocenters. The summed E-state index contributed by atoms with van der Waals surface area (Å²) in [6.07, 6.45) is 0.751. The molecule has 1 aromatic carbocycles. The number of aliphatic hydroxyl groups is 1. The first-order chi connectivity index (χ1) is 10.1. The molecule has 0 amide bonds. The molecule has 0 saturated carbocycles. The van der Waals surface area contributed by atoms with Gasteiger partial charge in [-0.15, -0.1) is 0 Å². The average Bonchev–Trinajstić information content (AvgIpc) is 2.92. The van der Waals surface area contributed by atoms with E-state index in [9.17, 15) is 0 Å². The first-order valence-electron chi connectivity index (χ1n) is 7.34. The number of hydrogen-bond donors (Lipinski definition) is 1. The van der Waals surface area contributed by atoms with Crippen molar-refractivity contribution < 1.29 is 9.63 Å². The van der Waals surface area contributed by atoms with Gasteiger partial charge in [-0.3, -0.25) is 4.90 Å². The third kappa shape index (κ3) is 4.37. The number of aryl methyl sites for hydroxylation is 1. The molecule has 0 unspecified atom stereocenters. The van der Waals surface area contributed by atoms with Crippen molar-refractivity contribution in [3.05, 3.63) is 35.7 Å². The van der Waals surface area contributed by atoms with Gasteiger partial charge in [0.25, 0.3) is 5.89 Å². The van der Waals surface area contributed by atoms with Crippen molar-refractivity contribution in [3.8, 4) is 11.5 Å². The summed E-state index contributed by atoms with van der Waals surface area (Å²) >= 11 is 0. The summed E-state index contributed by atoms with van der Waals surface area (Å²) in [5.41, 5.74) is 2.14. The summed E-state index contributed by atoms with van der Waals surface area (Å²) in [7, 11) is 0. The van der Waals surface area contributed by atoms with Gasteiger partial charge in [-0.25, -0.2) is 0 Å². The van der Waals surface area contributed by atoms with E-state index in [2.05, 4.69) is 28.9 Å². The van der Waals surface area contributed by atoms with E-state index in [4.69, 9.17) is 9.63 Å². The van der Waals surface area contributed by atoms with Gasteiger partial charge >= 0.3 is 0 Å². The first-order valence-corrected chi connectivity index (χ1v) is 7.34. The number of nitrogens with zero attached hydrogens (tertiary/aromatic N) is 3. The Labute approximate surface area is 125 Å². The van der Waals surface area contributed by atoms with Crippen LogP contribution in [0.15, 0.2) is 28.8 Å². The molecule has 0 spiro atoms. The Kier molecular flexibility index (Phi) is 5.47. The van der Waals surface area contributed by atoms with Gasteiger partial charge in [0.15, 0.2) is 5.82 Å². The normalized spacial score (nSPS) is 11.5. The van der Waals surface area contributed by atoms with Crippen molar-refractivity contribution in [1.29, 1.82) is 0 Å². The van der Waals surface area contributed by atoms with Gasteiger partial charge in [-0.1, -0.05) is 22.9 Å². The number of rotatable bonds is 7. The highest BCUT2D eigenvalue weighted by Crippen LogP contribution is 2.18. The monoisotopic (exact) mass is 289 g/mol. The van der Waals surface area contributed by atoms with Crippen LogP contribution < -0.4 is 0 Å². The maximum absolute atomic E-state index is 8.96. The van der Waals surface area contributed by atoms with Crippen molar-refractivity contribution in [2.45, 2.75) is 39.8 Å². The predicted octanol–water partition coefficient (Wildman–Crippen LogP) is 2.64. The minimum Gasteiger partial charge on any atom is -0.396 e. The van der Waals surface area contributed by atoms with Crippen molar-refractivity contribution in [2.75, 3.05) is 13.2 Å². The predicted molar refractivity (Wildman–Crippen MR) is 81.7 cm³/mol. The molecule has 0 bridgehead atoms. The molecule has 0 saturated heterocycles. The Balaban J connectivity index is 2.06. The van der Waals surface area contributed by atoms with Gasteiger partial charge in [-0.05, 0) is 39.3 Å². The Morgan fingerprint density at radius 2 is 1.95 bits per heavy atom. The van der Waals surface area contributed by atoms with Crippen molar-refractivity contribution in [2.24, 2.45) is 0 Å². The Bertz CT molecular complexity index is 549. The van der Waals surface area contributed by atoms with Gasteiger partial charge < -0.3 is 9.63 Å². The Hall–Kier alpha value is -1.72. The summed E-state index contributed by atoms with van der Waals surface area (Å²) < 4.78 is 5.34. The second-order valence-electron chi connectivity index (χ2n) is 5.52. The number of aliphatic hydroxyl groups excluding tert-OH is 1. The van der Waals surface area contributed by atoms with E-state index in [-0.39, 0.29) is 6.61 Å². The topological polar surface area (TPSA) is 62.4 Å². The molecule has 21 heavy (non-hydrogen) atoms. The Morgan fingerprint density at radius 1 is 1.24 bits per heavy atom. The van der Waals surface area contributed by atoms with E-state index in [1.165, 1.54) is 5.56 Å². The van der Waals surface area contributed by atoms with Crippen LogP contribution in [0.25, 0.3) is 11.5 Å². The van der Waals surface area contributed by atoms with Crippen LogP contribution in [-0.2, 0) is 6.54 Å². The van der Waals surface area contributed by atoms with Gasteiger partial charge in [0, 0.05) is 24.8 Å². The van der Waals surface area contributed by atoms with Crippen LogP contribution in [0.5, 0.6) is 0 Å². The van der Waals surface area contributed by atoms with E-state index in [1.807, 2.05) is 31.2 Å². The van der Waals surface area contributed by atoms with Crippen molar-refractivity contribution >= 4 is 0 Å². The zero-order valence-electron chi connectivity index (χ0n) is 12.9. The lowest BCUT2D eigenvalue weighted by atomic mass is 10.1. The minimum atomic E-state index is 0.198. The van der Waals surface area contributed by atoms with Crippen molar-refractivity contribution in [3.63, 3.8) is 0 Å². The van der Waals surface area contributed by atoms with Crippen LogP contribution in [-0.4, -0.2) is 39.3 Å². The molecule has 1 N–H and O–H groups in total. The molecule has 5 heteroatoms. The van der Waals surface area contributed by atoms with Crippen LogP contribution >= 0.6 is 0 Å². The lowest BCUT2D eigenvalue weighted by Gasteiger charge is -2.24. The average molecular weight is 289 g/mol. The number of benzene rings is 1. The fourth-order valence-electron chi connectivity index (χ4n) is 2.11. The zero-order chi connectivity index (χ0) is 15.2. The molecule has 1 aromatic heterocycles. The highest BCUT2D eigenvalue weighted by Gasteiger charge is 2.15. The van der Waals surface area contributed by atoms with E-state index >= 15 is 0 Å². The molecule has 2 rings (SSSR count). The summed E-state index contributed by atoms with van der Waals surface area (Å²) in [6, 6.07) is 8.40. The fourth-order valence-corrected chi connectivity index (χ4v) is 2.11. The SMILES string of the molecule is Cc1ccc(-c2nc(CN(CCCO)C(C)C)no2)cc1. The minimum absolute atomic E-state index is 0.198. The third-order valence-corrected chi connectivity index (χ3v) is 3.44. The molecular formula is C16H23N3O2. The molecule has 0 aliphatic rings. The molecule has 2 aromatic rings. The highest BCUT2D eigenvalue weighted by atomic mass is 16.5. The first kappa shape index (κ1) is 15.7. The van der Waals surface area contributed by atoms with Crippen LogP contribution in [0.2, 0.25) is 0 Å². The van der Waals surface area contributed by atoms with Gasteiger partial charge in [0.2, 0.25) is 0 Å². The van der Waals surface area contributed by atoms with Crippen LogP contribution in [0.1, 0.15) is 31.7 Å². The standard InChI is InChI=1S/C16H23N3O2/c1-12(2)19(9-4-10-20)11-15-17-16(21-18-15)14-7-5-13(3)6-8-14/h5-8,12,20H,4,9-11H2,1-3H3. The maximum atomic E-state index is 8.96. The van der Waals surface area contributed by atoms with Gasteiger partial charge in [0.1, 0.15) is 0 Å². The molecular weight excluding hydrogens is 266 g/mol. The highest BCUT2D eigenvalue weighted by molar-refractivity contribution is 5.53. The second-order valence-corrected chi connectivity index (χ2v) is 5.52. The van der Waals surface area contributed by atoms with Crippen LogP contribution in [0, 0.1) is 6.92 Å². The second kappa shape index (κ2) is 7.33.